The molecule has 6 nitrogen and oxygen atoms in total. The summed E-state index contributed by atoms with van der Waals surface area (Å²) in [5.41, 5.74) is 4.75. The number of amides is 1. The van der Waals surface area contributed by atoms with E-state index in [0.717, 1.165) is 0 Å². The van der Waals surface area contributed by atoms with Crippen LogP contribution in [0, 0.1) is 5.41 Å². The maximum atomic E-state index is 12.1. The maximum absolute atomic E-state index is 12.1. The van der Waals surface area contributed by atoms with Gasteiger partial charge in [0.1, 0.15) is 13.2 Å². The summed E-state index contributed by atoms with van der Waals surface area (Å²) < 4.78 is 16.2. The first-order valence-corrected chi connectivity index (χ1v) is 11.1. The lowest BCUT2D eigenvalue weighted by Gasteiger charge is -2.16. The second-order valence-electron chi connectivity index (χ2n) is 9.19. The quantitative estimate of drug-likeness (QED) is 0.520. The van der Waals surface area contributed by atoms with Crippen molar-refractivity contribution in [1.82, 2.24) is 5.32 Å². The van der Waals surface area contributed by atoms with E-state index < -0.39 is 6.09 Å². The highest BCUT2D eigenvalue weighted by molar-refractivity contribution is 5.80. The van der Waals surface area contributed by atoms with E-state index in [-0.39, 0.29) is 30.3 Å². The molecule has 2 aromatic rings. The molecule has 0 aliphatic heterocycles. The van der Waals surface area contributed by atoms with Gasteiger partial charge >= 0.3 is 6.09 Å². The molecule has 0 bridgehead atoms. The first-order valence-electron chi connectivity index (χ1n) is 11.1. The van der Waals surface area contributed by atoms with E-state index in [9.17, 15) is 9.59 Å². The number of ketones is 1. The third-order valence-corrected chi connectivity index (χ3v) is 5.22. The highest BCUT2D eigenvalue weighted by Crippen LogP contribution is 2.44. The molecule has 0 unspecified atom stereocenters. The molecule has 2 aromatic carbocycles. The van der Waals surface area contributed by atoms with Crippen LogP contribution in [0.5, 0.6) is 0 Å². The van der Waals surface area contributed by atoms with Gasteiger partial charge in [0.25, 0.3) is 0 Å². The van der Waals surface area contributed by atoms with Crippen molar-refractivity contribution < 1.29 is 23.8 Å². The number of hydrogen-bond acceptors (Lipinski definition) is 5. The minimum Gasteiger partial charge on any atom is -0.449 e. The van der Waals surface area contributed by atoms with Crippen LogP contribution in [0.2, 0.25) is 0 Å². The number of benzene rings is 2. The molecule has 0 fully saturated rings. The van der Waals surface area contributed by atoms with Gasteiger partial charge in [0, 0.05) is 18.9 Å². The van der Waals surface area contributed by atoms with E-state index >= 15 is 0 Å². The third kappa shape index (κ3) is 6.90. The number of rotatable bonds is 11. The number of fused-ring (bicyclic) bond motifs is 3. The predicted octanol–water partition coefficient (Wildman–Crippen LogP) is 4.56. The van der Waals surface area contributed by atoms with Crippen molar-refractivity contribution in [1.29, 1.82) is 0 Å². The van der Waals surface area contributed by atoms with Gasteiger partial charge in [0.15, 0.2) is 5.78 Å². The normalized spacial score (nSPS) is 12.8. The molecule has 1 aliphatic rings. The van der Waals surface area contributed by atoms with Crippen LogP contribution in [0.3, 0.4) is 0 Å². The van der Waals surface area contributed by atoms with Crippen molar-refractivity contribution in [2.75, 3.05) is 39.6 Å². The highest BCUT2D eigenvalue weighted by atomic mass is 16.6. The Morgan fingerprint density at radius 2 is 1.47 bits per heavy atom. The molecule has 0 saturated heterocycles. The van der Waals surface area contributed by atoms with E-state index in [1.54, 1.807) is 0 Å². The maximum Gasteiger partial charge on any atom is 0.407 e. The van der Waals surface area contributed by atoms with Gasteiger partial charge in [-0.05, 0) is 27.7 Å². The summed E-state index contributed by atoms with van der Waals surface area (Å²) in [4.78, 5) is 23.8. The topological polar surface area (TPSA) is 73.9 Å². The summed E-state index contributed by atoms with van der Waals surface area (Å²) in [6.07, 6.45) is 0.0391. The standard InChI is InChI=1S/C26H33NO5/c1-26(2,3)16-19(28)17-31-15-14-30-13-12-27-25(29)32-18-24-22-10-6-4-8-20(22)21-9-5-7-11-23(21)24/h4-11,24H,12-18H2,1-3H3,(H,27,29). The van der Waals surface area contributed by atoms with E-state index in [1.807, 2.05) is 45.0 Å². The fraction of sp³-hybridized carbons (Fsp3) is 0.462. The van der Waals surface area contributed by atoms with Crippen LogP contribution in [0.25, 0.3) is 11.1 Å². The first kappa shape index (κ1) is 24.0. The monoisotopic (exact) mass is 439 g/mol. The summed E-state index contributed by atoms with van der Waals surface area (Å²) in [6, 6.07) is 16.5. The van der Waals surface area contributed by atoms with Crippen LogP contribution in [0.1, 0.15) is 44.2 Å². The zero-order chi connectivity index (χ0) is 23.0. The summed E-state index contributed by atoms with van der Waals surface area (Å²) in [7, 11) is 0. The average molecular weight is 440 g/mol. The molecule has 0 spiro atoms. The summed E-state index contributed by atoms with van der Waals surface area (Å²) in [5.74, 6) is 0.136. The first-order chi connectivity index (χ1) is 15.3. The largest absolute Gasteiger partial charge is 0.449 e. The molecule has 0 saturated carbocycles. The Hall–Kier alpha value is -2.70. The molecule has 6 heteroatoms. The van der Waals surface area contributed by atoms with Crippen LogP contribution in [-0.4, -0.2) is 51.5 Å². The van der Waals surface area contributed by atoms with Crippen molar-refractivity contribution in [3.63, 3.8) is 0 Å². The molecule has 1 N–H and O–H groups in total. The Bertz CT molecular complexity index is 873. The van der Waals surface area contributed by atoms with Crippen molar-refractivity contribution in [2.45, 2.75) is 33.1 Å². The molecule has 172 valence electrons. The van der Waals surface area contributed by atoms with Gasteiger partial charge < -0.3 is 19.5 Å². The number of nitrogens with one attached hydrogen (secondary N) is 1. The smallest absolute Gasteiger partial charge is 0.407 e. The minimum atomic E-state index is -0.459. The van der Waals surface area contributed by atoms with Crippen molar-refractivity contribution in [3.8, 4) is 11.1 Å². The number of ether oxygens (including phenoxy) is 3. The van der Waals surface area contributed by atoms with Gasteiger partial charge in [-0.2, -0.15) is 0 Å². The van der Waals surface area contributed by atoms with Gasteiger partial charge in [-0.3, -0.25) is 4.79 Å². The Labute approximate surface area is 190 Å². The van der Waals surface area contributed by atoms with Gasteiger partial charge in [0.05, 0.1) is 19.8 Å². The zero-order valence-corrected chi connectivity index (χ0v) is 19.2. The van der Waals surface area contributed by atoms with E-state index in [2.05, 4.69) is 29.6 Å². The molecule has 0 radical (unpaired) electrons. The van der Waals surface area contributed by atoms with Gasteiger partial charge in [0.2, 0.25) is 0 Å². The SMILES string of the molecule is CC(C)(C)CC(=O)COCCOCCNC(=O)OCC1c2ccccc2-c2ccccc21. The van der Waals surface area contributed by atoms with Gasteiger partial charge in [-0.1, -0.05) is 69.3 Å². The molecule has 0 aromatic heterocycles. The van der Waals surface area contributed by atoms with Crippen LogP contribution in [-0.2, 0) is 19.0 Å². The van der Waals surface area contributed by atoms with E-state index in [0.29, 0.717) is 32.8 Å². The summed E-state index contributed by atoms with van der Waals surface area (Å²) in [5, 5.41) is 2.71. The molecular weight excluding hydrogens is 406 g/mol. The highest BCUT2D eigenvalue weighted by Gasteiger charge is 2.28. The molecule has 1 aliphatic carbocycles. The fourth-order valence-electron chi connectivity index (χ4n) is 3.92. The molecular formula is C26H33NO5. The predicted molar refractivity (Wildman–Crippen MR) is 124 cm³/mol. The van der Waals surface area contributed by atoms with Gasteiger partial charge in [-0.25, -0.2) is 4.79 Å². The lowest BCUT2D eigenvalue weighted by molar-refractivity contribution is -0.125. The van der Waals surface area contributed by atoms with Crippen molar-refractivity contribution in [2.24, 2.45) is 5.41 Å². The van der Waals surface area contributed by atoms with Crippen LogP contribution in [0.15, 0.2) is 48.5 Å². The number of carbonyl (C=O) groups excluding carboxylic acids is 2. The third-order valence-electron chi connectivity index (χ3n) is 5.22. The van der Waals surface area contributed by atoms with Crippen molar-refractivity contribution >= 4 is 11.9 Å². The lowest BCUT2D eigenvalue weighted by Crippen LogP contribution is -2.29. The van der Waals surface area contributed by atoms with Crippen LogP contribution < -0.4 is 5.32 Å². The van der Waals surface area contributed by atoms with E-state index in [1.165, 1.54) is 22.3 Å². The number of Topliss-reactive ketones (excluding diaryl/α,β-unsaturated/α-hetero) is 1. The Morgan fingerprint density at radius 3 is 2.09 bits per heavy atom. The minimum absolute atomic E-state index is 0.0260. The van der Waals surface area contributed by atoms with Gasteiger partial charge in [-0.15, -0.1) is 0 Å². The second-order valence-corrected chi connectivity index (χ2v) is 9.19. The Morgan fingerprint density at radius 1 is 0.875 bits per heavy atom. The molecule has 3 rings (SSSR count). The molecule has 0 heterocycles. The van der Waals surface area contributed by atoms with Crippen LogP contribution >= 0.6 is 0 Å². The number of carbonyl (C=O) groups is 2. The average Bonchev–Trinajstić information content (AvgIpc) is 3.07. The summed E-state index contributed by atoms with van der Waals surface area (Å²) >= 11 is 0. The Kier molecular flexibility index (Phi) is 8.42. The second kappa shape index (κ2) is 11.2. The van der Waals surface area contributed by atoms with Crippen molar-refractivity contribution in [3.05, 3.63) is 59.7 Å². The fourth-order valence-corrected chi connectivity index (χ4v) is 3.92. The number of hydrogen-bond donors (Lipinski definition) is 1. The Balaban J connectivity index is 1.29. The molecule has 32 heavy (non-hydrogen) atoms. The molecule has 1 amide bonds. The lowest BCUT2D eigenvalue weighted by atomic mass is 9.90. The summed E-state index contributed by atoms with van der Waals surface area (Å²) in [6.45, 7) is 7.89. The molecule has 0 atom stereocenters. The van der Waals surface area contributed by atoms with E-state index in [4.69, 9.17) is 14.2 Å². The number of alkyl carbamates (subject to hydrolysis) is 1. The zero-order valence-electron chi connectivity index (χ0n) is 19.2. The van der Waals surface area contributed by atoms with Crippen LogP contribution in [0.4, 0.5) is 4.79 Å².